The number of hydrogen-bond acceptors (Lipinski definition) is 2. The summed E-state index contributed by atoms with van der Waals surface area (Å²) in [6.45, 7) is 7.56. The molecule has 0 radical (unpaired) electrons. The predicted molar refractivity (Wildman–Crippen MR) is 95.7 cm³/mol. The molecular weight excluding hydrogens is 302 g/mol. The average Bonchev–Trinajstić information content (AvgIpc) is 2.54. The lowest BCUT2D eigenvalue weighted by atomic mass is 10.1. The molecule has 0 atom stereocenters. The lowest BCUT2D eigenvalue weighted by molar-refractivity contribution is 0.0460. The van der Waals surface area contributed by atoms with Gasteiger partial charge in [0.1, 0.15) is 0 Å². The molecule has 2 aromatic rings. The molecule has 0 unspecified atom stereocenters. The van der Waals surface area contributed by atoms with Crippen LogP contribution in [0.2, 0.25) is 0 Å². The van der Waals surface area contributed by atoms with Crippen molar-refractivity contribution in [3.8, 4) is 0 Å². The first-order valence-corrected chi connectivity index (χ1v) is 7.81. The number of urea groups is 1. The number of carbonyl (C=O) groups excluding carboxylic acids is 2. The molecule has 0 aliphatic carbocycles. The minimum Gasteiger partial charge on any atom is -0.307 e. The predicted octanol–water partition coefficient (Wildman–Crippen LogP) is 3.97. The van der Waals surface area contributed by atoms with Gasteiger partial charge in [-0.05, 0) is 52.0 Å². The van der Waals surface area contributed by atoms with Gasteiger partial charge in [0.15, 0.2) is 0 Å². The second-order valence-corrected chi connectivity index (χ2v) is 6.61. The first kappa shape index (κ1) is 17.5. The zero-order valence-electron chi connectivity index (χ0n) is 14.5. The minimum atomic E-state index is -0.572. The van der Waals surface area contributed by atoms with Gasteiger partial charge in [0, 0.05) is 11.3 Å². The topological polar surface area (TPSA) is 61.4 Å². The molecule has 0 saturated carbocycles. The van der Waals surface area contributed by atoms with Crippen LogP contribution in [0, 0.1) is 6.92 Å². The number of anilines is 1. The molecule has 0 saturated heterocycles. The van der Waals surface area contributed by atoms with Crippen molar-refractivity contribution in [2.75, 3.05) is 5.32 Å². The zero-order chi connectivity index (χ0) is 17.7. The number of carbonyl (C=O) groups is 2. The molecule has 0 bridgehead atoms. The average molecular weight is 325 g/mol. The zero-order valence-corrected chi connectivity index (χ0v) is 14.5. The van der Waals surface area contributed by atoms with Crippen molar-refractivity contribution >= 4 is 17.6 Å². The number of nitrogens with one attached hydrogen (secondary N) is 2. The van der Waals surface area contributed by atoms with Crippen LogP contribution in [0.25, 0.3) is 0 Å². The van der Waals surface area contributed by atoms with Gasteiger partial charge >= 0.3 is 6.03 Å². The maximum absolute atomic E-state index is 12.7. The Hall–Kier alpha value is -2.82. The highest BCUT2D eigenvalue weighted by atomic mass is 16.2. The summed E-state index contributed by atoms with van der Waals surface area (Å²) in [6.07, 6.45) is 0. The van der Waals surface area contributed by atoms with Crippen molar-refractivity contribution in [1.82, 2.24) is 10.4 Å². The summed E-state index contributed by atoms with van der Waals surface area (Å²) in [6, 6.07) is 15.9. The first-order chi connectivity index (χ1) is 11.3. The molecular formula is C19H23N3O2. The van der Waals surface area contributed by atoms with Gasteiger partial charge in [-0.15, -0.1) is 0 Å². The van der Waals surface area contributed by atoms with Crippen molar-refractivity contribution < 1.29 is 9.59 Å². The second kappa shape index (κ2) is 7.17. The van der Waals surface area contributed by atoms with Crippen LogP contribution in [0.3, 0.4) is 0 Å². The molecule has 0 fully saturated rings. The molecule has 24 heavy (non-hydrogen) atoms. The van der Waals surface area contributed by atoms with E-state index in [1.54, 1.807) is 24.3 Å². The maximum Gasteiger partial charge on any atom is 0.338 e. The SMILES string of the molecule is Cc1ccc(NC(=O)NN(C(=O)c2ccccc2)C(C)(C)C)cc1. The van der Waals surface area contributed by atoms with Crippen LogP contribution in [0.1, 0.15) is 36.7 Å². The van der Waals surface area contributed by atoms with Crippen LogP contribution >= 0.6 is 0 Å². The molecule has 126 valence electrons. The van der Waals surface area contributed by atoms with E-state index in [1.807, 2.05) is 58.0 Å². The molecule has 0 heterocycles. The van der Waals surface area contributed by atoms with Crippen molar-refractivity contribution in [2.45, 2.75) is 33.2 Å². The third-order valence-electron chi connectivity index (χ3n) is 3.42. The number of aryl methyl sites for hydroxylation is 1. The number of hydrogen-bond donors (Lipinski definition) is 2. The third-order valence-corrected chi connectivity index (χ3v) is 3.42. The fourth-order valence-electron chi connectivity index (χ4n) is 2.13. The molecule has 5 heteroatoms. The summed E-state index contributed by atoms with van der Waals surface area (Å²) in [5.74, 6) is -0.262. The van der Waals surface area contributed by atoms with E-state index < -0.39 is 11.6 Å². The Morgan fingerprint density at radius 2 is 1.50 bits per heavy atom. The highest BCUT2D eigenvalue weighted by molar-refractivity contribution is 5.97. The molecule has 5 nitrogen and oxygen atoms in total. The largest absolute Gasteiger partial charge is 0.338 e. The van der Waals surface area contributed by atoms with Gasteiger partial charge in [0.2, 0.25) is 0 Å². The maximum atomic E-state index is 12.7. The van der Waals surface area contributed by atoms with Gasteiger partial charge in [0.05, 0.1) is 5.54 Å². The lowest BCUT2D eigenvalue weighted by Gasteiger charge is -2.35. The highest BCUT2D eigenvalue weighted by Crippen LogP contribution is 2.15. The number of benzene rings is 2. The van der Waals surface area contributed by atoms with Gasteiger partial charge in [-0.2, -0.15) is 0 Å². The second-order valence-electron chi connectivity index (χ2n) is 6.61. The van der Waals surface area contributed by atoms with E-state index in [-0.39, 0.29) is 5.91 Å². The number of amides is 3. The van der Waals surface area contributed by atoms with Gasteiger partial charge in [-0.3, -0.25) is 4.79 Å². The Bertz CT molecular complexity index is 704. The quantitative estimate of drug-likeness (QED) is 0.821. The van der Waals surface area contributed by atoms with E-state index >= 15 is 0 Å². The van der Waals surface area contributed by atoms with Crippen molar-refractivity contribution in [3.63, 3.8) is 0 Å². The van der Waals surface area contributed by atoms with Crippen molar-refractivity contribution in [2.24, 2.45) is 0 Å². The summed E-state index contributed by atoms with van der Waals surface area (Å²) in [7, 11) is 0. The van der Waals surface area contributed by atoms with Crippen LogP contribution in [-0.2, 0) is 0 Å². The Balaban J connectivity index is 2.13. The van der Waals surface area contributed by atoms with Gasteiger partial charge in [0.25, 0.3) is 5.91 Å². The first-order valence-electron chi connectivity index (χ1n) is 7.81. The van der Waals surface area contributed by atoms with Crippen molar-refractivity contribution in [3.05, 3.63) is 65.7 Å². The van der Waals surface area contributed by atoms with Crippen LogP contribution < -0.4 is 10.7 Å². The Labute approximate surface area is 142 Å². The van der Waals surface area contributed by atoms with Gasteiger partial charge in [-0.1, -0.05) is 35.9 Å². The summed E-state index contributed by atoms with van der Waals surface area (Å²) < 4.78 is 0. The lowest BCUT2D eigenvalue weighted by Crippen LogP contribution is -2.56. The molecule has 2 aromatic carbocycles. The van der Waals surface area contributed by atoms with Crippen LogP contribution in [-0.4, -0.2) is 22.5 Å². The molecule has 0 aliphatic heterocycles. The molecule has 0 aromatic heterocycles. The van der Waals surface area contributed by atoms with Crippen molar-refractivity contribution in [1.29, 1.82) is 0 Å². The molecule has 0 spiro atoms. The normalized spacial score (nSPS) is 10.8. The standard InChI is InChI=1S/C19H23N3O2/c1-14-10-12-16(13-11-14)20-18(24)21-22(19(2,3)4)17(23)15-8-6-5-7-9-15/h5-13H,1-4H3,(H2,20,21,24). The van der Waals surface area contributed by atoms with Gasteiger partial charge in [-0.25, -0.2) is 15.2 Å². The van der Waals surface area contributed by atoms with Crippen LogP contribution in [0.5, 0.6) is 0 Å². The van der Waals surface area contributed by atoms with E-state index in [0.717, 1.165) is 5.56 Å². The molecule has 0 aliphatic rings. The monoisotopic (exact) mass is 325 g/mol. The fraction of sp³-hybridized carbons (Fsp3) is 0.263. The number of nitrogens with zero attached hydrogens (tertiary/aromatic N) is 1. The highest BCUT2D eigenvalue weighted by Gasteiger charge is 2.29. The summed E-state index contributed by atoms with van der Waals surface area (Å²) in [4.78, 5) is 25.0. The number of hydrazine groups is 1. The summed E-state index contributed by atoms with van der Waals surface area (Å²) in [5.41, 5.74) is 4.37. The van der Waals surface area contributed by atoms with E-state index in [1.165, 1.54) is 5.01 Å². The summed E-state index contributed by atoms with van der Waals surface area (Å²) >= 11 is 0. The van der Waals surface area contributed by atoms with E-state index in [9.17, 15) is 9.59 Å². The van der Waals surface area contributed by atoms with Crippen LogP contribution in [0.15, 0.2) is 54.6 Å². The third kappa shape index (κ3) is 4.59. The smallest absolute Gasteiger partial charge is 0.307 e. The van der Waals surface area contributed by atoms with Crippen LogP contribution in [0.4, 0.5) is 10.5 Å². The molecule has 2 N–H and O–H groups in total. The van der Waals surface area contributed by atoms with Gasteiger partial charge < -0.3 is 5.32 Å². The minimum absolute atomic E-state index is 0.262. The van der Waals surface area contributed by atoms with E-state index in [0.29, 0.717) is 11.3 Å². The molecule has 3 amide bonds. The van der Waals surface area contributed by atoms with E-state index in [4.69, 9.17) is 0 Å². The van der Waals surface area contributed by atoms with E-state index in [2.05, 4.69) is 10.7 Å². The fourth-order valence-corrected chi connectivity index (χ4v) is 2.13. The Morgan fingerprint density at radius 1 is 0.917 bits per heavy atom. The Kier molecular flexibility index (Phi) is 5.24. The Morgan fingerprint density at radius 3 is 2.04 bits per heavy atom. The summed E-state index contributed by atoms with van der Waals surface area (Å²) in [5, 5.41) is 4.07. The number of rotatable bonds is 2. The molecule has 2 rings (SSSR count).